The van der Waals surface area contributed by atoms with Crippen molar-refractivity contribution in [3.63, 3.8) is 0 Å². The van der Waals surface area contributed by atoms with Gasteiger partial charge in [-0.15, -0.1) is 0 Å². The van der Waals surface area contributed by atoms with Gasteiger partial charge in [-0.25, -0.2) is 4.79 Å². The number of ether oxygens (including phenoxy) is 1. The summed E-state index contributed by atoms with van der Waals surface area (Å²) >= 11 is 0. The van der Waals surface area contributed by atoms with Crippen molar-refractivity contribution < 1.29 is 13.9 Å². The van der Waals surface area contributed by atoms with Gasteiger partial charge in [-0.1, -0.05) is 6.08 Å². The molecule has 0 bridgehead atoms. The lowest BCUT2D eigenvalue weighted by atomic mass is 10.5. The first kappa shape index (κ1) is 8.59. The molecular formula is C9H10O3. The first-order chi connectivity index (χ1) is 5.83. The van der Waals surface area contributed by atoms with E-state index in [-0.39, 0.29) is 12.6 Å². The Morgan fingerprint density at radius 1 is 1.75 bits per heavy atom. The van der Waals surface area contributed by atoms with E-state index in [0.29, 0.717) is 5.76 Å². The summed E-state index contributed by atoms with van der Waals surface area (Å²) in [5.74, 6) is 0.293. The van der Waals surface area contributed by atoms with Gasteiger partial charge in [0.05, 0.1) is 6.26 Å². The highest BCUT2D eigenvalue weighted by molar-refractivity contribution is 5.81. The topological polar surface area (TPSA) is 39.4 Å². The Morgan fingerprint density at radius 2 is 2.58 bits per heavy atom. The van der Waals surface area contributed by atoms with E-state index in [1.807, 2.05) is 0 Å². The van der Waals surface area contributed by atoms with Crippen molar-refractivity contribution in [1.29, 1.82) is 0 Å². The molecule has 64 valence electrons. The molecule has 0 unspecified atom stereocenters. The molecular weight excluding hydrogens is 156 g/mol. The van der Waals surface area contributed by atoms with Crippen molar-refractivity contribution in [3.05, 3.63) is 36.3 Å². The maximum Gasteiger partial charge on any atom is 0.330 e. The fourth-order valence-corrected chi connectivity index (χ4v) is 0.721. The third kappa shape index (κ3) is 2.62. The third-order valence-corrected chi connectivity index (χ3v) is 1.24. The Morgan fingerprint density at radius 3 is 3.17 bits per heavy atom. The average molecular weight is 166 g/mol. The zero-order valence-corrected chi connectivity index (χ0v) is 6.82. The van der Waals surface area contributed by atoms with E-state index in [1.54, 1.807) is 31.4 Å². The summed E-state index contributed by atoms with van der Waals surface area (Å²) in [5.41, 5.74) is 0. The van der Waals surface area contributed by atoms with Gasteiger partial charge >= 0.3 is 5.97 Å². The fraction of sp³-hybridized carbons (Fsp3) is 0.222. The summed E-state index contributed by atoms with van der Waals surface area (Å²) in [7, 11) is 0. The molecule has 0 spiro atoms. The van der Waals surface area contributed by atoms with Crippen LogP contribution in [0.3, 0.4) is 0 Å². The van der Waals surface area contributed by atoms with Gasteiger partial charge in [0.15, 0.2) is 0 Å². The van der Waals surface area contributed by atoms with Gasteiger partial charge in [-0.3, -0.25) is 0 Å². The quantitative estimate of drug-likeness (QED) is 0.508. The molecule has 12 heavy (non-hydrogen) atoms. The van der Waals surface area contributed by atoms with Crippen LogP contribution in [0.1, 0.15) is 12.7 Å². The average Bonchev–Trinajstić information content (AvgIpc) is 2.53. The summed E-state index contributed by atoms with van der Waals surface area (Å²) in [4.78, 5) is 10.8. The van der Waals surface area contributed by atoms with Crippen LogP contribution in [-0.2, 0) is 16.1 Å². The second kappa shape index (κ2) is 4.38. The molecule has 1 aromatic heterocycles. The Balaban J connectivity index is 2.31. The van der Waals surface area contributed by atoms with Crippen LogP contribution in [-0.4, -0.2) is 5.97 Å². The number of carbonyl (C=O) groups is 1. The predicted octanol–water partition coefficient (Wildman–Crippen LogP) is 1.90. The zero-order valence-electron chi connectivity index (χ0n) is 6.82. The molecule has 0 N–H and O–H groups in total. The molecule has 0 aliphatic heterocycles. The maximum absolute atomic E-state index is 10.8. The van der Waals surface area contributed by atoms with Crippen LogP contribution in [0.2, 0.25) is 0 Å². The van der Waals surface area contributed by atoms with E-state index in [4.69, 9.17) is 9.15 Å². The standard InChI is InChI=1S/C9H10O3/c1-2-4-9(10)12-7-8-5-3-6-11-8/h2-6H,7H2,1H3/b4-2+. The number of carbonyl (C=O) groups excluding carboxylic acids is 1. The second-order valence-electron chi connectivity index (χ2n) is 2.19. The lowest BCUT2D eigenvalue weighted by Crippen LogP contribution is -1.99. The number of rotatable bonds is 3. The summed E-state index contributed by atoms with van der Waals surface area (Å²) in [6.07, 6.45) is 4.53. The van der Waals surface area contributed by atoms with Crippen molar-refractivity contribution in [3.8, 4) is 0 Å². The summed E-state index contributed by atoms with van der Waals surface area (Å²) in [6, 6.07) is 3.50. The largest absolute Gasteiger partial charge is 0.466 e. The van der Waals surface area contributed by atoms with E-state index < -0.39 is 0 Å². The zero-order chi connectivity index (χ0) is 8.81. The SMILES string of the molecule is C/C=C/C(=O)OCc1ccco1. The van der Waals surface area contributed by atoms with E-state index in [0.717, 1.165) is 0 Å². The molecule has 0 aliphatic rings. The van der Waals surface area contributed by atoms with Crippen LogP contribution in [0.4, 0.5) is 0 Å². The lowest BCUT2D eigenvalue weighted by Gasteiger charge is -1.96. The molecule has 1 aromatic rings. The van der Waals surface area contributed by atoms with Crippen LogP contribution >= 0.6 is 0 Å². The van der Waals surface area contributed by atoms with Gasteiger partial charge in [0.1, 0.15) is 12.4 Å². The van der Waals surface area contributed by atoms with Crippen LogP contribution in [0.5, 0.6) is 0 Å². The predicted molar refractivity (Wildman–Crippen MR) is 43.3 cm³/mol. The fourth-order valence-electron chi connectivity index (χ4n) is 0.721. The normalized spacial score (nSPS) is 10.4. The number of allylic oxidation sites excluding steroid dienone is 1. The molecule has 3 heteroatoms. The lowest BCUT2D eigenvalue weighted by molar-refractivity contribution is -0.139. The molecule has 1 heterocycles. The van der Waals surface area contributed by atoms with Crippen molar-refractivity contribution in [2.24, 2.45) is 0 Å². The molecule has 0 radical (unpaired) electrons. The van der Waals surface area contributed by atoms with E-state index >= 15 is 0 Å². The monoisotopic (exact) mass is 166 g/mol. The maximum atomic E-state index is 10.8. The van der Waals surface area contributed by atoms with Gasteiger partial charge in [0, 0.05) is 6.08 Å². The van der Waals surface area contributed by atoms with Gasteiger partial charge in [0.2, 0.25) is 0 Å². The summed E-state index contributed by atoms with van der Waals surface area (Å²) in [6.45, 7) is 1.95. The Labute approximate surface area is 70.6 Å². The number of esters is 1. The Hall–Kier alpha value is -1.51. The van der Waals surface area contributed by atoms with Gasteiger partial charge < -0.3 is 9.15 Å². The second-order valence-corrected chi connectivity index (χ2v) is 2.19. The highest BCUT2D eigenvalue weighted by Gasteiger charge is 1.98. The highest BCUT2D eigenvalue weighted by atomic mass is 16.5. The molecule has 0 atom stereocenters. The molecule has 0 aromatic carbocycles. The van der Waals surface area contributed by atoms with Gasteiger partial charge in [0.25, 0.3) is 0 Å². The Bertz CT molecular complexity index is 259. The van der Waals surface area contributed by atoms with Crippen molar-refractivity contribution in [2.45, 2.75) is 13.5 Å². The highest BCUT2D eigenvalue weighted by Crippen LogP contribution is 2.01. The smallest absolute Gasteiger partial charge is 0.330 e. The molecule has 0 amide bonds. The van der Waals surface area contributed by atoms with Crippen LogP contribution in [0.25, 0.3) is 0 Å². The number of hydrogen-bond donors (Lipinski definition) is 0. The molecule has 3 nitrogen and oxygen atoms in total. The third-order valence-electron chi connectivity index (χ3n) is 1.24. The van der Waals surface area contributed by atoms with Gasteiger partial charge in [-0.05, 0) is 19.1 Å². The molecule has 0 fully saturated rings. The Kier molecular flexibility index (Phi) is 3.14. The minimum absolute atomic E-state index is 0.191. The van der Waals surface area contributed by atoms with Crippen molar-refractivity contribution >= 4 is 5.97 Å². The first-order valence-electron chi connectivity index (χ1n) is 3.65. The van der Waals surface area contributed by atoms with Crippen LogP contribution in [0, 0.1) is 0 Å². The van der Waals surface area contributed by atoms with Crippen molar-refractivity contribution in [2.75, 3.05) is 0 Å². The number of furan rings is 1. The van der Waals surface area contributed by atoms with Crippen molar-refractivity contribution in [1.82, 2.24) is 0 Å². The minimum atomic E-state index is -0.353. The van der Waals surface area contributed by atoms with Gasteiger partial charge in [-0.2, -0.15) is 0 Å². The first-order valence-corrected chi connectivity index (χ1v) is 3.65. The van der Waals surface area contributed by atoms with E-state index in [9.17, 15) is 4.79 Å². The van der Waals surface area contributed by atoms with E-state index in [1.165, 1.54) is 6.08 Å². The van der Waals surface area contributed by atoms with E-state index in [2.05, 4.69) is 0 Å². The molecule has 0 saturated heterocycles. The molecule has 0 aliphatic carbocycles. The summed E-state index contributed by atoms with van der Waals surface area (Å²) < 4.78 is 9.77. The summed E-state index contributed by atoms with van der Waals surface area (Å²) in [5, 5.41) is 0. The molecule has 0 saturated carbocycles. The minimum Gasteiger partial charge on any atom is -0.466 e. The molecule has 1 rings (SSSR count). The van der Waals surface area contributed by atoms with Crippen LogP contribution in [0.15, 0.2) is 35.0 Å². The van der Waals surface area contributed by atoms with Crippen LogP contribution < -0.4 is 0 Å². The number of hydrogen-bond acceptors (Lipinski definition) is 3.